The van der Waals surface area contributed by atoms with Crippen LogP contribution >= 0.6 is 0 Å². The van der Waals surface area contributed by atoms with Crippen LogP contribution in [0.4, 0.5) is 4.79 Å². The van der Waals surface area contributed by atoms with Crippen LogP contribution in [-0.2, 0) is 9.53 Å². The molecule has 0 aliphatic carbocycles. The lowest BCUT2D eigenvalue weighted by molar-refractivity contribution is -0.123. The van der Waals surface area contributed by atoms with Crippen LogP contribution in [0.1, 0.15) is 60.3 Å². The number of amides is 2. The van der Waals surface area contributed by atoms with Gasteiger partial charge in [-0.3, -0.25) is 4.79 Å². The van der Waals surface area contributed by atoms with Crippen molar-refractivity contribution < 1.29 is 14.3 Å². The number of rotatable bonds is 6. The van der Waals surface area contributed by atoms with Gasteiger partial charge >= 0.3 is 6.09 Å². The van der Waals surface area contributed by atoms with Crippen molar-refractivity contribution in [2.24, 2.45) is 5.92 Å². The third kappa shape index (κ3) is 8.79. The monoisotopic (exact) mass is 327 g/mol. The Hall–Kier alpha value is -1.30. The zero-order valence-electron chi connectivity index (χ0n) is 15.2. The second-order valence-electron chi connectivity index (χ2n) is 7.72. The van der Waals surface area contributed by atoms with E-state index in [4.69, 9.17) is 4.74 Å². The van der Waals surface area contributed by atoms with Crippen LogP contribution in [-0.4, -0.2) is 42.8 Å². The molecule has 0 radical (unpaired) electrons. The van der Waals surface area contributed by atoms with Crippen molar-refractivity contribution in [3.05, 3.63) is 0 Å². The van der Waals surface area contributed by atoms with E-state index in [1.807, 2.05) is 13.8 Å². The Labute approximate surface area is 140 Å². The average Bonchev–Trinajstić information content (AvgIpc) is 2.42. The predicted octanol–water partition coefficient (Wildman–Crippen LogP) is 2.18. The lowest BCUT2D eigenvalue weighted by Gasteiger charge is -2.26. The number of carbonyl (C=O) groups is 2. The van der Waals surface area contributed by atoms with Gasteiger partial charge in [-0.05, 0) is 52.5 Å². The predicted molar refractivity (Wildman–Crippen MR) is 91.3 cm³/mol. The maximum Gasteiger partial charge on any atom is 0.408 e. The zero-order chi connectivity index (χ0) is 17.5. The Morgan fingerprint density at radius 1 is 1.26 bits per heavy atom. The highest BCUT2D eigenvalue weighted by Gasteiger charge is 2.25. The van der Waals surface area contributed by atoms with Gasteiger partial charge in [-0.1, -0.05) is 20.3 Å². The Bertz CT molecular complexity index is 385. The van der Waals surface area contributed by atoms with Gasteiger partial charge in [-0.25, -0.2) is 4.79 Å². The van der Waals surface area contributed by atoms with E-state index in [0.717, 1.165) is 13.0 Å². The molecule has 1 unspecified atom stereocenters. The molecule has 0 aromatic heterocycles. The molecular weight excluding hydrogens is 294 g/mol. The zero-order valence-corrected chi connectivity index (χ0v) is 15.2. The third-order valence-corrected chi connectivity index (χ3v) is 3.65. The molecule has 0 saturated carbocycles. The summed E-state index contributed by atoms with van der Waals surface area (Å²) in [5.41, 5.74) is -0.574. The Kier molecular flexibility index (Phi) is 7.82. The number of piperidine rings is 1. The molecule has 134 valence electrons. The van der Waals surface area contributed by atoms with Gasteiger partial charge in [0.15, 0.2) is 0 Å². The van der Waals surface area contributed by atoms with E-state index in [0.29, 0.717) is 24.9 Å². The minimum atomic E-state index is -0.574. The number of hydrogen-bond donors (Lipinski definition) is 3. The first kappa shape index (κ1) is 19.7. The molecule has 1 aliphatic heterocycles. The van der Waals surface area contributed by atoms with Crippen LogP contribution in [0, 0.1) is 5.92 Å². The van der Waals surface area contributed by atoms with Crippen molar-refractivity contribution >= 4 is 12.0 Å². The summed E-state index contributed by atoms with van der Waals surface area (Å²) in [6.45, 7) is 11.1. The van der Waals surface area contributed by atoms with E-state index < -0.39 is 17.7 Å². The highest BCUT2D eigenvalue weighted by molar-refractivity contribution is 5.85. The fraction of sp³-hybridized carbons (Fsp3) is 0.882. The van der Waals surface area contributed by atoms with Crippen LogP contribution in [0.2, 0.25) is 0 Å². The van der Waals surface area contributed by atoms with Crippen molar-refractivity contribution in [2.75, 3.05) is 13.1 Å². The van der Waals surface area contributed by atoms with Crippen molar-refractivity contribution in [1.29, 1.82) is 0 Å². The summed E-state index contributed by atoms with van der Waals surface area (Å²) in [5.74, 6) is 0.158. The molecule has 0 aromatic rings. The molecule has 2 atom stereocenters. The summed E-state index contributed by atoms with van der Waals surface area (Å²) in [6, 6.07) is -0.234. The lowest BCUT2D eigenvalue weighted by Crippen LogP contribution is -2.51. The fourth-order valence-corrected chi connectivity index (χ4v) is 2.60. The van der Waals surface area contributed by atoms with Crippen molar-refractivity contribution in [1.82, 2.24) is 16.0 Å². The fourth-order valence-electron chi connectivity index (χ4n) is 2.60. The molecule has 3 N–H and O–H groups in total. The summed E-state index contributed by atoms with van der Waals surface area (Å²) in [6.07, 6.45) is 3.51. The number of hydrogen-bond acceptors (Lipinski definition) is 4. The smallest absolute Gasteiger partial charge is 0.408 e. The SMILES string of the molecule is CC(C)C[C@H](NC(=O)OC(C)(C)C)C(=O)NCC1CCCCN1. The van der Waals surface area contributed by atoms with Crippen LogP contribution in [0.25, 0.3) is 0 Å². The molecule has 0 spiro atoms. The number of nitrogens with one attached hydrogen (secondary N) is 3. The van der Waals surface area contributed by atoms with Gasteiger partial charge in [-0.2, -0.15) is 0 Å². The van der Waals surface area contributed by atoms with E-state index in [1.165, 1.54) is 12.8 Å². The largest absolute Gasteiger partial charge is 0.444 e. The highest BCUT2D eigenvalue weighted by atomic mass is 16.6. The summed E-state index contributed by atoms with van der Waals surface area (Å²) < 4.78 is 5.25. The maximum atomic E-state index is 12.4. The second kappa shape index (κ2) is 9.11. The van der Waals surface area contributed by atoms with Crippen molar-refractivity contribution in [3.63, 3.8) is 0 Å². The normalized spacial score (nSPS) is 20.0. The third-order valence-electron chi connectivity index (χ3n) is 3.65. The van der Waals surface area contributed by atoms with E-state index in [-0.39, 0.29) is 5.91 Å². The topological polar surface area (TPSA) is 79.5 Å². The van der Waals surface area contributed by atoms with Crippen LogP contribution in [0.3, 0.4) is 0 Å². The molecule has 1 fully saturated rings. The minimum Gasteiger partial charge on any atom is -0.444 e. The Morgan fingerprint density at radius 2 is 1.96 bits per heavy atom. The Morgan fingerprint density at radius 3 is 2.48 bits per heavy atom. The van der Waals surface area contributed by atoms with Gasteiger partial charge in [0.2, 0.25) is 5.91 Å². The molecule has 1 aliphatic rings. The average molecular weight is 327 g/mol. The lowest BCUT2D eigenvalue weighted by atomic mass is 10.0. The molecule has 23 heavy (non-hydrogen) atoms. The van der Waals surface area contributed by atoms with E-state index in [2.05, 4.69) is 16.0 Å². The van der Waals surface area contributed by atoms with Gasteiger partial charge in [0, 0.05) is 12.6 Å². The number of alkyl carbamates (subject to hydrolysis) is 1. The van der Waals surface area contributed by atoms with E-state index in [1.54, 1.807) is 20.8 Å². The molecular formula is C17H33N3O3. The molecule has 0 bridgehead atoms. The van der Waals surface area contributed by atoms with E-state index in [9.17, 15) is 9.59 Å². The highest BCUT2D eigenvalue weighted by Crippen LogP contribution is 2.10. The van der Waals surface area contributed by atoms with Crippen LogP contribution in [0.15, 0.2) is 0 Å². The molecule has 2 amide bonds. The van der Waals surface area contributed by atoms with Crippen LogP contribution in [0.5, 0.6) is 0 Å². The Balaban J connectivity index is 2.50. The minimum absolute atomic E-state index is 0.142. The summed E-state index contributed by atoms with van der Waals surface area (Å²) in [5, 5.41) is 9.05. The quantitative estimate of drug-likeness (QED) is 0.698. The van der Waals surface area contributed by atoms with Gasteiger partial charge in [0.1, 0.15) is 11.6 Å². The first-order chi connectivity index (χ1) is 10.7. The molecule has 6 heteroatoms. The first-order valence-corrected chi connectivity index (χ1v) is 8.68. The maximum absolute atomic E-state index is 12.4. The summed E-state index contributed by atoms with van der Waals surface area (Å²) >= 11 is 0. The molecule has 1 rings (SSSR count). The standard InChI is InChI=1S/C17H33N3O3/c1-12(2)10-14(20-16(22)23-17(3,4)5)15(21)19-11-13-8-6-7-9-18-13/h12-14,18H,6-11H2,1-5H3,(H,19,21)(H,20,22)/t13?,14-/m0/s1. The van der Waals surface area contributed by atoms with Gasteiger partial charge in [0.05, 0.1) is 0 Å². The van der Waals surface area contributed by atoms with Crippen molar-refractivity contribution in [2.45, 2.75) is 78.0 Å². The number of ether oxygens (including phenoxy) is 1. The molecule has 1 heterocycles. The van der Waals surface area contributed by atoms with Gasteiger partial charge in [0.25, 0.3) is 0 Å². The summed E-state index contributed by atoms with van der Waals surface area (Å²) in [7, 11) is 0. The van der Waals surface area contributed by atoms with E-state index >= 15 is 0 Å². The molecule has 1 saturated heterocycles. The van der Waals surface area contributed by atoms with Gasteiger partial charge < -0.3 is 20.7 Å². The van der Waals surface area contributed by atoms with Crippen molar-refractivity contribution in [3.8, 4) is 0 Å². The second-order valence-corrected chi connectivity index (χ2v) is 7.72. The van der Waals surface area contributed by atoms with Gasteiger partial charge in [-0.15, -0.1) is 0 Å². The van der Waals surface area contributed by atoms with Crippen LogP contribution < -0.4 is 16.0 Å². The molecule has 0 aromatic carbocycles. The first-order valence-electron chi connectivity index (χ1n) is 8.68. The molecule has 6 nitrogen and oxygen atoms in total. The summed E-state index contributed by atoms with van der Waals surface area (Å²) in [4.78, 5) is 24.3. The number of carbonyl (C=O) groups excluding carboxylic acids is 2.